The maximum absolute atomic E-state index is 14.5. The van der Waals surface area contributed by atoms with Crippen molar-refractivity contribution in [1.82, 2.24) is 0 Å². The molecule has 0 aliphatic carbocycles. The molecule has 0 saturated heterocycles. The van der Waals surface area contributed by atoms with Crippen LogP contribution in [0.4, 0.5) is 5.69 Å². The lowest BCUT2D eigenvalue weighted by Gasteiger charge is -2.31. The second-order valence-corrected chi connectivity index (χ2v) is 8.72. The zero-order chi connectivity index (χ0) is 23.3. The highest BCUT2D eigenvalue weighted by Gasteiger charge is 2.55. The quantitative estimate of drug-likeness (QED) is 0.538. The van der Waals surface area contributed by atoms with Crippen LogP contribution in [0.2, 0.25) is 0 Å². The van der Waals surface area contributed by atoms with E-state index in [0.717, 1.165) is 30.5 Å². The van der Waals surface area contributed by atoms with E-state index in [4.69, 9.17) is 18.9 Å². The maximum atomic E-state index is 14.5. The molecule has 0 aromatic heterocycles. The standard InChI is InChI=1S/C27H25NO6/c1-2-3-6-11-28-20-8-5-4-7-18(20)27(26(28)30,17-9-10-22-23(12-17)32-15-31-22)19-13-24-25(14-21(19)29)34-16-33-24/h4-5,7-10,12-14,29H,2-3,6,11,15-16H2,1H3. The van der Waals surface area contributed by atoms with Crippen LogP contribution in [0, 0.1) is 0 Å². The van der Waals surface area contributed by atoms with Crippen LogP contribution in [0.25, 0.3) is 0 Å². The first-order valence-corrected chi connectivity index (χ1v) is 11.6. The predicted octanol–water partition coefficient (Wildman–Crippen LogP) is 4.72. The van der Waals surface area contributed by atoms with E-state index in [1.54, 1.807) is 6.07 Å². The Bertz CT molecular complexity index is 1290. The number of amides is 1. The number of hydrogen-bond donors (Lipinski definition) is 1. The monoisotopic (exact) mass is 459 g/mol. The van der Waals surface area contributed by atoms with Gasteiger partial charge in [-0.3, -0.25) is 4.79 Å². The first-order valence-electron chi connectivity index (χ1n) is 11.6. The average Bonchev–Trinajstić information content (AvgIpc) is 3.56. The summed E-state index contributed by atoms with van der Waals surface area (Å²) in [7, 11) is 0. The molecule has 1 unspecified atom stereocenters. The topological polar surface area (TPSA) is 77.5 Å². The summed E-state index contributed by atoms with van der Waals surface area (Å²) in [6, 6.07) is 16.6. The van der Waals surface area contributed by atoms with Gasteiger partial charge in [0.15, 0.2) is 23.0 Å². The summed E-state index contributed by atoms with van der Waals surface area (Å²) in [5.41, 5.74) is 1.52. The van der Waals surface area contributed by atoms with Crippen LogP contribution in [-0.4, -0.2) is 31.1 Å². The molecule has 3 heterocycles. The van der Waals surface area contributed by atoms with Crippen LogP contribution in [0.15, 0.2) is 54.6 Å². The van der Waals surface area contributed by atoms with Crippen LogP contribution in [0.5, 0.6) is 28.7 Å². The van der Waals surface area contributed by atoms with Crippen LogP contribution in [-0.2, 0) is 10.2 Å². The molecule has 1 atom stereocenters. The lowest BCUT2D eigenvalue weighted by molar-refractivity contribution is -0.120. The summed E-state index contributed by atoms with van der Waals surface area (Å²) in [5.74, 6) is 2.03. The first-order chi connectivity index (χ1) is 16.6. The van der Waals surface area contributed by atoms with Gasteiger partial charge in [-0.15, -0.1) is 0 Å². The highest BCUT2D eigenvalue weighted by atomic mass is 16.7. The number of ether oxygens (including phenoxy) is 4. The number of carbonyl (C=O) groups excluding carboxylic acids is 1. The van der Waals surface area contributed by atoms with Gasteiger partial charge in [0.2, 0.25) is 19.5 Å². The zero-order valence-electron chi connectivity index (χ0n) is 18.9. The Morgan fingerprint density at radius 2 is 1.56 bits per heavy atom. The van der Waals surface area contributed by atoms with Gasteiger partial charge in [0.1, 0.15) is 11.2 Å². The molecule has 3 aliphatic heterocycles. The Morgan fingerprint density at radius 3 is 2.35 bits per heavy atom. The minimum atomic E-state index is -1.28. The smallest absolute Gasteiger partial charge is 0.246 e. The summed E-state index contributed by atoms with van der Waals surface area (Å²) >= 11 is 0. The molecule has 7 heteroatoms. The summed E-state index contributed by atoms with van der Waals surface area (Å²) in [4.78, 5) is 16.3. The van der Waals surface area contributed by atoms with Gasteiger partial charge in [0, 0.05) is 29.4 Å². The fraction of sp³-hybridized carbons (Fsp3) is 0.296. The van der Waals surface area contributed by atoms with E-state index in [1.807, 2.05) is 47.4 Å². The molecule has 3 aromatic carbocycles. The first kappa shape index (κ1) is 20.7. The molecular weight excluding hydrogens is 434 g/mol. The number of fused-ring (bicyclic) bond motifs is 3. The van der Waals surface area contributed by atoms with Crippen molar-refractivity contribution < 1.29 is 28.8 Å². The summed E-state index contributed by atoms with van der Waals surface area (Å²) in [6.07, 6.45) is 2.97. The largest absolute Gasteiger partial charge is 0.507 e. The van der Waals surface area contributed by atoms with Crippen molar-refractivity contribution in [1.29, 1.82) is 0 Å². The van der Waals surface area contributed by atoms with Crippen molar-refractivity contribution in [3.63, 3.8) is 0 Å². The van der Waals surface area contributed by atoms with Gasteiger partial charge in [-0.25, -0.2) is 0 Å². The van der Waals surface area contributed by atoms with Crippen LogP contribution >= 0.6 is 0 Å². The van der Waals surface area contributed by atoms with Gasteiger partial charge in [0.25, 0.3) is 0 Å². The molecule has 3 aromatic rings. The van der Waals surface area contributed by atoms with Crippen LogP contribution in [0.3, 0.4) is 0 Å². The summed E-state index contributed by atoms with van der Waals surface area (Å²) in [6.45, 7) is 2.94. The van der Waals surface area contributed by atoms with E-state index in [1.165, 1.54) is 6.07 Å². The Hall–Kier alpha value is -3.87. The molecule has 0 fully saturated rings. The number of phenolic OH excluding ortho intramolecular Hbond substituents is 1. The predicted molar refractivity (Wildman–Crippen MR) is 125 cm³/mol. The van der Waals surface area contributed by atoms with Gasteiger partial charge in [0.05, 0.1) is 0 Å². The average molecular weight is 459 g/mol. The lowest BCUT2D eigenvalue weighted by Crippen LogP contribution is -2.42. The molecule has 0 spiro atoms. The van der Waals surface area contributed by atoms with Gasteiger partial charge in [-0.1, -0.05) is 44.0 Å². The van der Waals surface area contributed by atoms with E-state index >= 15 is 0 Å². The summed E-state index contributed by atoms with van der Waals surface area (Å²) in [5, 5.41) is 11.2. The zero-order valence-corrected chi connectivity index (χ0v) is 18.9. The molecule has 0 bridgehead atoms. The third-order valence-electron chi connectivity index (χ3n) is 6.85. The van der Waals surface area contributed by atoms with Crippen molar-refractivity contribution in [2.75, 3.05) is 25.0 Å². The number of hydrogen-bond acceptors (Lipinski definition) is 6. The second kappa shape index (κ2) is 7.87. The minimum Gasteiger partial charge on any atom is -0.507 e. The van der Waals surface area contributed by atoms with Gasteiger partial charge >= 0.3 is 0 Å². The Kier molecular flexibility index (Phi) is 4.79. The number of unbranched alkanes of at least 4 members (excludes halogenated alkanes) is 2. The lowest BCUT2D eigenvalue weighted by atomic mass is 9.69. The molecule has 1 amide bonds. The molecule has 0 saturated carbocycles. The van der Waals surface area contributed by atoms with Crippen molar-refractivity contribution in [3.05, 3.63) is 71.3 Å². The van der Waals surface area contributed by atoms with Crippen molar-refractivity contribution in [2.24, 2.45) is 0 Å². The molecular formula is C27H25NO6. The molecule has 7 nitrogen and oxygen atoms in total. The SMILES string of the molecule is CCCCCN1C(=O)C(c2ccc3c(c2)OCO3)(c2cc3c(cc2O)OCO3)c2ccccc21. The van der Waals surface area contributed by atoms with Crippen molar-refractivity contribution in [2.45, 2.75) is 31.6 Å². The number of benzene rings is 3. The fourth-order valence-corrected chi connectivity index (χ4v) is 5.25. The van der Waals surface area contributed by atoms with E-state index < -0.39 is 5.41 Å². The number of anilines is 1. The summed E-state index contributed by atoms with van der Waals surface area (Å²) < 4.78 is 22.3. The highest BCUT2D eigenvalue weighted by Crippen LogP contribution is 2.55. The number of phenols is 1. The van der Waals surface area contributed by atoms with Crippen molar-refractivity contribution in [3.8, 4) is 28.7 Å². The molecule has 0 radical (unpaired) electrons. The Balaban J connectivity index is 1.62. The molecule has 174 valence electrons. The van der Waals surface area contributed by atoms with Gasteiger partial charge in [-0.2, -0.15) is 0 Å². The number of rotatable bonds is 6. The number of nitrogens with zero attached hydrogens (tertiary/aromatic N) is 1. The number of carbonyl (C=O) groups is 1. The van der Waals surface area contributed by atoms with Gasteiger partial charge in [-0.05, 0) is 36.2 Å². The Morgan fingerprint density at radius 1 is 0.853 bits per heavy atom. The molecule has 1 N–H and O–H groups in total. The number of aromatic hydroxyl groups is 1. The third-order valence-corrected chi connectivity index (χ3v) is 6.85. The molecule has 3 aliphatic rings. The molecule has 34 heavy (non-hydrogen) atoms. The van der Waals surface area contributed by atoms with E-state index in [-0.39, 0.29) is 25.2 Å². The Labute approximate surface area is 197 Å². The maximum Gasteiger partial charge on any atom is 0.246 e. The fourth-order valence-electron chi connectivity index (χ4n) is 5.25. The minimum absolute atomic E-state index is 0.0273. The van der Waals surface area contributed by atoms with Gasteiger partial charge < -0.3 is 29.0 Å². The van der Waals surface area contributed by atoms with Crippen LogP contribution < -0.4 is 23.8 Å². The van der Waals surface area contributed by atoms with E-state index in [9.17, 15) is 9.90 Å². The third kappa shape index (κ3) is 2.86. The van der Waals surface area contributed by atoms with E-state index in [2.05, 4.69) is 6.92 Å². The number of para-hydroxylation sites is 1. The molecule has 6 rings (SSSR count). The highest BCUT2D eigenvalue weighted by molar-refractivity contribution is 6.13. The van der Waals surface area contributed by atoms with Crippen LogP contribution in [0.1, 0.15) is 42.9 Å². The second-order valence-electron chi connectivity index (χ2n) is 8.72. The van der Waals surface area contributed by atoms with E-state index in [0.29, 0.717) is 40.7 Å². The van der Waals surface area contributed by atoms with Crippen molar-refractivity contribution >= 4 is 11.6 Å². The normalized spacial score (nSPS) is 19.6.